The second-order valence-electron chi connectivity index (χ2n) is 8.26. The van der Waals surface area contributed by atoms with Crippen molar-refractivity contribution in [3.63, 3.8) is 0 Å². The molecule has 0 spiro atoms. The zero-order valence-corrected chi connectivity index (χ0v) is 21.1. The van der Waals surface area contributed by atoms with Crippen LogP contribution >= 0.6 is 10.7 Å². The minimum absolute atomic E-state index is 0.146. The van der Waals surface area contributed by atoms with Gasteiger partial charge in [-0.3, -0.25) is 0 Å². The highest BCUT2D eigenvalue weighted by molar-refractivity contribution is 8.11. The molecule has 0 amide bonds. The van der Waals surface area contributed by atoms with Gasteiger partial charge in [0.1, 0.15) is 18.2 Å². The zero-order valence-electron chi connectivity index (χ0n) is 19.5. The van der Waals surface area contributed by atoms with E-state index in [9.17, 15) is 8.42 Å². The zero-order chi connectivity index (χ0) is 24.5. The topological polar surface area (TPSA) is 129 Å². The van der Waals surface area contributed by atoms with Crippen LogP contribution in [0.4, 0.5) is 5.95 Å². The summed E-state index contributed by atoms with van der Waals surface area (Å²) in [4.78, 5) is 9.14. The molecule has 1 N–H and O–H groups in total. The van der Waals surface area contributed by atoms with Gasteiger partial charge in [0.05, 0.1) is 18.5 Å². The number of rotatable bonds is 9. The van der Waals surface area contributed by atoms with Crippen molar-refractivity contribution in [2.24, 2.45) is 0 Å². The molecule has 3 aromatic rings. The van der Waals surface area contributed by atoms with Crippen LogP contribution in [0.15, 0.2) is 18.7 Å². The molecule has 0 aliphatic carbocycles. The first-order valence-corrected chi connectivity index (χ1v) is 13.5. The van der Waals surface area contributed by atoms with Crippen LogP contribution in [0.1, 0.15) is 53.2 Å². The lowest BCUT2D eigenvalue weighted by molar-refractivity contribution is 0.0160. The van der Waals surface area contributed by atoms with Crippen molar-refractivity contribution in [2.45, 2.75) is 65.5 Å². The fourth-order valence-corrected chi connectivity index (χ4v) is 5.19. The van der Waals surface area contributed by atoms with E-state index in [2.05, 4.69) is 25.5 Å². The van der Waals surface area contributed by atoms with E-state index in [-0.39, 0.29) is 18.3 Å². The number of halogens is 1. The second-order valence-corrected chi connectivity index (χ2v) is 10.7. The van der Waals surface area contributed by atoms with Crippen molar-refractivity contribution >= 4 is 31.5 Å². The highest BCUT2D eigenvalue weighted by Crippen LogP contribution is 2.33. The quantitative estimate of drug-likeness (QED) is 0.430. The number of piperidine rings is 1. The molecule has 1 fully saturated rings. The summed E-state index contributed by atoms with van der Waals surface area (Å²) in [6.45, 7) is 8.57. The van der Waals surface area contributed by atoms with Gasteiger partial charge in [0.15, 0.2) is 5.75 Å². The number of hydrogen-bond donors (Lipinski definition) is 1. The summed E-state index contributed by atoms with van der Waals surface area (Å²) in [5, 5.41) is 11.9. The Morgan fingerprint density at radius 2 is 2.09 bits per heavy atom. The van der Waals surface area contributed by atoms with Crippen LogP contribution in [-0.2, 0) is 14.0 Å². The molecule has 0 saturated carbocycles. The van der Waals surface area contributed by atoms with Crippen molar-refractivity contribution in [3.8, 4) is 17.0 Å². The predicted octanol–water partition coefficient (Wildman–Crippen LogP) is 3.04. The number of nitrogens with one attached hydrogen (secondary N) is 1. The van der Waals surface area contributed by atoms with Crippen LogP contribution in [0.25, 0.3) is 16.9 Å². The smallest absolute Gasteiger partial charge is 0.301 e. The maximum atomic E-state index is 12.0. The molecular weight excluding hydrogens is 484 g/mol. The lowest BCUT2D eigenvalue weighted by Crippen LogP contribution is -2.46. The van der Waals surface area contributed by atoms with Crippen LogP contribution in [0.3, 0.4) is 0 Å². The van der Waals surface area contributed by atoms with Gasteiger partial charge in [-0.05, 0) is 47.0 Å². The average molecular weight is 513 g/mol. The molecule has 0 radical (unpaired) electrons. The molecule has 4 heterocycles. The molecule has 2 unspecified atom stereocenters. The molecule has 34 heavy (non-hydrogen) atoms. The Hall–Kier alpha value is -2.48. The van der Waals surface area contributed by atoms with Gasteiger partial charge in [-0.15, -0.1) is 5.10 Å². The molecule has 3 aromatic heterocycles. The minimum Gasteiger partial charge on any atom is -0.485 e. The van der Waals surface area contributed by atoms with E-state index in [1.54, 1.807) is 10.9 Å². The highest BCUT2D eigenvalue weighted by atomic mass is 35.7. The number of fused-ring (bicyclic) bond motifs is 1. The minimum atomic E-state index is -3.88. The van der Waals surface area contributed by atoms with Gasteiger partial charge in [-0.2, -0.15) is 27.3 Å². The van der Waals surface area contributed by atoms with E-state index in [0.29, 0.717) is 36.7 Å². The Morgan fingerprint density at radius 3 is 2.79 bits per heavy atom. The summed E-state index contributed by atoms with van der Waals surface area (Å²) in [6.07, 6.45) is 6.38. The van der Waals surface area contributed by atoms with Gasteiger partial charge in [0.2, 0.25) is 11.6 Å². The molecule has 2 atom stereocenters. The molecule has 4 rings (SSSR count). The van der Waals surface area contributed by atoms with E-state index >= 15 is 0 Å². The van der Waals surface area contributed by atoms with Crippen LogP contribution in [-0.4, -0.2) is 67.5 Å². The average Bonchev–Trinajstić information content (AvgIpc) is 3.41. The fraction of sp³-hybridized carbons (Fsp3) is 0.600. The van der Waals surface area contributed by atoms with Crippen molar-refractivity contribution < 1.29 is 17.9 Å². The van der Waals surface area contributed by atoms with Gasteiger partial charge in [-0.25, -0.2) is 9.67 Å². The summed E-state index contributed by atoms with van der Waals surface area (Å²) in [7, 11) is 1.76. The van der Waals surface area contributed by atoms with Gasteiger partial charge in [-0.1, -0.05) is 0 Å². The molecule has 1 aliphatic rings. The largest absolute Gasteiger partial charge is 0.485 e. The first kappa shape index (κ1) is 24.6. The normalized spacial score (nSPS) is 18.5. The Kier molecular flexibility index (Phi) is 7.26. The molecule has 1 aliphatic heterocycles. The summed E-state index contributed by atoms with van der Waals surface area (Å²) in [5.74, 6) is 0.706. The van der Waals surface area contributed by atoms with Crippen LogP contribution in [0.2, 0.25) is 0 Å². The van der Waals surface area contributed by atoms with Crippen LogP contribution in [0, 0.1) is 0 Å². The molecule has 14 heteroatoms. The van der Waals surface area contributed by atoms with Gasteiger partial charge in [0, 0.05) is 35.6 Å². The summed E-state index contributed by atoms with van der Waals surface area (Å²) in [5.41, 5.74) is 1.76. The maximum absolute atomic E-state index is 12.0. The summed E-state index contributed by atoms with van der Waals surface area (Å²) >= 11 is 0. The van der Waals surface area contributed by atoms with Gasteiger partial charge < -0.3 is 14.8 Å². The third-order valence-corrected chi connectivity index (χ3v) is 6.91. The lowest BCUT2D eigenvalue weighted by atomic mass is 10.1. The van der Waals surface area contributed by atoms with E-state index in [0.717, 1.165) is 18.4 Å². The number of ether oxygens (including phenoxy) is 2. The standard InChI is InChI=1S/C20H29ClN8O4S/c1-5-32-14(4)27-11-15(10-23-27)17-18(33-13(2)3)19-25-20(26-28(19)12-22-17)24-16-8-6-7-9-29(16)34(21,30)31/h10-14,16H,5-9H2,1-4H3,(H,24,26). The van der Waals surface area contributed by atoms with Crippen LogP contribution < -0.4 is 10.1 Å². The monoisotopic (exact) mass is 512 g/mol. The Balaban J connectivity index is 1.70. The number of hydrogen-bond acceptors (Lipinski definition) is 9. The lowest BCUT2D eigenvalue weighted by Gasteiger charge is -2.32. The maximum Gasteiger partial charge on any atom is 0.301 e. The van der Waals surface area contributed by atoms with Crippen LogP contribution in [0.5, 0.6) is 5.75 Å². The number of aromatic nitrogens is 6. The van der Waals surface area contributed by atoms with Gasteiger partial charge in [0.25, 0.3) is 0 Å². The van der Waals surface area contributed by atoms with E-state index in [1.165, 1.54) is 15.1 Å². The third-order valence-electron chi connectivity index (χ3n) is 5.38. The van der Waals surface area contributed by atoms with E-state index in [4.69, 9.17) is 20.2 Å². The molecule has 0 aromatic carbocycles. The highest BCUT2D eigenvalue weighted by Gasteiger charge is 2.32. The van der Waals surface area contributed by atoms with E-state index in [1.807, 2.05) is 33.9 Å². The SMILES string of the molecule is CCOC(C)n1cc(-c2ncn3nc(NC4CCCCN4S(=O)(=O)Cl)nc3c2OC(C)C)cn1. The molecule has 0 bridgehead atoms. The first-order valence-electron chi connectivity index (χ1n) is 11.2. The fourth-order valence-electron chi connectivity index (χ4n) is 3.88. The Labute approximate surface area is 202 Å². The Bertz CT molecular complexity index is 1240. The number of nitrogens with zero attached hydrogens (tertiary/aromatic N) is 7. The van der Waals surface area contributed by atoms with Crippen molar-refractivity contribution in [3.05, 3.63) is 18.7 Å². The second kappa shape index (κ2) is 10.0. The third kappa shape index (κ3) is 5.27. The summed E-state index contributed by atoms with van der Waals surface area (Å²) < 4.78 is 40.1. The number of anilines is 1. The van der Waals surface area contributed by atoms with Gasteiger partial charge >= 0.3 is 9.24 Å². The van der Waals surface area contributed by atoms with Crippen molar-refractivity contribution in [1.29, 1.82) is 0 Å². The predicted molar refractivity (Wildman–Crippen MR) is 127 cm³/mol. The molecule has 12 nitrogen and oxygen atoms in total. The summed E-state index contributed by atoms with van der Waals surface area (Å²) in [6, 6.07) is 0. The molecule has 1 saturated heterocycles. The Morgan fingerprint density at radius 1 is 1.29 bits per heavy atom. The van der Waals surface area contributed by atoms with Crippen molar-refractivity contribution in [2.75, 3.05) is 18.5 Å². The van der Waals surface area contributed by atoms with E-state index < -0.39 is 15.4 Å². The molecular formula is C20H29ClN8O4S. The molecule has 186 valence electrons. The first-order chi connectivity index (χ1) is 16.2. The van der Waals surface area contributed by atoms with Crippen molar-refractivity contribution in [1.82, 2.24) is 33.7 Å².